The largest absolute Gasteiger partial charge is 0.383 e. The summed E-state index contributed by atoms with van der Waals surface area (Å²) in [4.78, 5) is 16.6. The van der Waals surface area contributed by atoms with Crippen LogP contribution in [0.5, 0.6) is 0 Å². The summed E-state index contributed by atoms with van der Waals surface area (Å²) >= 11 is 0. The number of pyridine rings is 1. The fourth-order valence-corrected chi connectivity index (χ4v) is 2.65. The van der Waals surface area contributed by atoms with E-state index < -0.39 is 0 Å². The minimum absolute atomic E-state index is 0.231. The number of aryl methyl sites for hydroxylation is 2. The maximum Gasteiger partial charge on any atom is 0.274 e. The number of hydrogen-bond donors (Lipinski definition) is 2. The molecule has 138 valence electrons. The highest BCUT2D eigenvalue weighted by Gasteiger charge is 2.08. The Morgan fingerprint density at radius 1 is 0.963 bits per heavy atom. The van der Waals surface area contributed by atoms with E-state index >= 15 is 0 Å². The van der Waals surface area contributed by atoms with Crippen LogP contribution >= 0.6 is 0 Å². The second-order valence-electron chi connectivity index (χ2n) is 6.49. The lowest BCUT2D eigenvalue weighted by Gasteiger charge is -2.09. The van der Waals surface area contributed by atoms with E-state index in [2.05, 4.69) is 15.6 Å². The van der Waals surface area contributed by atoms with Crippen molar-refractivity contribution in [2.75, 3.05) is 17.2 Å². The van der Waals surface area contributed by atoms with E-state index in [4.69, 9.17) is 0 Å². The van der Waals surface area contributed by atoms with Gasteiger partial charge >= 0.3 is 0 Å². The Morgan fingerprint density at radius 2 is 1.70 bits per heavy atom. The second-order valence-corrected chi connectivity index (χ2v) is 6.49. The molecule has 0 saturated carbocycles. The Balaban J connectivity index is 1.53. The number of halogens is 1. The van der Waals surface area contributed by atoms with Gasteiger partial charge in [0.2, 0.25) is 0 Å². The molecule has 0 aliphatic heterocycles. The predicted octanol–water partition coefficient (Wildman–Crippen LogP) is 4.74. The molecule has 3 aromatic rings. The van der Waals surface area contributed by atoms with Gasteiger partial charge in [0.15, 0.2) is 0 Å². The maximum absolute atomic E-state index is 12.9. The van der Waals surface area contributed by atoms with E-state index in [1.165, 1.54) is 17.7 Å². The lowest BCUT2D eigenvalue weighted by atomic mass is 10.1. The van der Waals surface area contributed by atoms with E-state index in [0.717, 1.165) is 28.9 Å². The molecule has 0 atom stereocenters. The Hall–Kier alpha value is -3.21. The Bertz CT molecular complexity index is 921. The Kier molecular flexibility index (Phi) is 5.81. The first kappa shape index (κ1) is 18.6. The summed E-state index contributed by atoms with van der Waals surface area (Å²) < 4.78 is 12.9. The second kappa shape index (κ2) is 8.45. The van der Waals surface area contributed by atoms with Crippen molar-refractivity contribution in [3.8, 4) is 0 Å². The van der Waals surface area contributed by atoms with E-state index in [9.17, 15) is 9.18 Å². The van der Waals surface area contributed by atoms with Gasteiger partial charge in [-0.25, -0.2) is 9.37 Å². The van der Waals surface area contributed by atoms with Crippen molar-refractivity contribution >= 4 is 17.3 Å². The normalized spacial score (nSPS) is 10.5. The standard InChI is InChI=1S/C22H22FN3O/c1-15-3-8-19(13-16(15)2)26-22(27)21-10-9-20(14-25-21)24-12-11-17-4-6-18(23)7-5-17/h3-10,13-14,24H,11-12H2,1-2H3,(H,26,27). The summed E-state index contributed by atoms with van der Waals surface area (Å²) in [5.74, 6) is -0.471. The first-order valence-corrected chi connectivity index (χ1v) is 8.84. The smallest absolute Gasteiger partial charge is 0.274 e. The Labute approximate surface area is 158 Å². The third kappa shape index (κ3) is 5.14. The van der Waals surface area contributed by atoms with Crippen LogP contribution in [0.1, 0.15) is 27.2 Å². The summed E-state index contributed by atoms with van der Waals surface area (Å²) in [6.45, 7) is 4.74. The zero-order valence-electron chi connectivity index (χ0n) is 15.4. The fraction of sp³-hybridized carbons (Fsp3) is 0.182. The lowest BCUT2D eigenvalue weighted by molar-refractivity contribution is 0.102. The molecule has 3 rings (SSSR count). The summed E-state index contributed by atoms with van der Waals surface area (Å²) in [7, 11) is 0. The van der Waals surface area contributed by atoms with Gasteiger partial charge in [0, 0.05) is 12.2 Å². The molecule has 0 fully saturated rings. The highest BCUT2D eigenvalue weighted by molar-refractivity contribution is 6.03. The molecule has 1 amide bonds. The number of aromatic nitrogens is 1. The summed E-state index contributed by atoms with van der Waals surface area (Å²) in [6, 6.07) is 15.8. The average molecular weight is 363 g/mol. The molecular formula is C22H22FN3O. The monoisotopic (exact) mass is 363 g/mol. The number of nitrogens with zero attached hydrogens (tertiary/aromatic N) is 1. The van der Waals surface area contributed by atoms with Crippen molar-refractivity contribution in [1.29, 1.82) is 0 Å². The van der Waals surface area contributed by atoms with Crippen molar-refractivity contribution in [2.45, 2.75) is 20.3 Å². The first-order chi connectivity index (χ1) is 13.0. The highest BCUT2D eigenvalue weighted by atomic mass is 19.1. The number of anilines is 2. The van der Waals surface area contributed by atoms with Gasteiger partial charge in [0.1, 0.15) is 11.5 Å². The van der Waals surface area contributed by atoms with E-state index in [1.54, 1.807) is 24.4 Å². The van der Waals surface area contributed by atoms with Crippen LogP contribution in [0, 0.1) is 19.7 Å². The third-order valence-electron chi connectivity index (χ3n) is 4.42. The van der Waals surface area contributed by atoms with Crippen LogP contribution in [-0.2, 0) is 6.42 Å². The molecule has 0 aliphatic rings. The molecule has 0 bridgehead atoms. The van der Waals surface area contributed by atoms with Crippen molar-refractivity contribution in [2.24, 2.45) is 0 Å². The average Bonchev–Trinajstić information content (AvgIpc) is 2.67. The zero-order valence-corrected chi connectivity index (χ0v) is 15.4. The zero-order chi connectivity index (χ0) is 19.2. The quantitative estimate of drug-likeness (QED) is 0.665. The Morgan fingerprint density at radius 3 is 2.37 bits per heavy atom. The fourth-order valence-electron chi connectivity index (χ4n) is 2.65. The minimum atomic E-state index is -0.240. The molecule has 2 aromatic carbocycles. The van der Waals surface area contributed by atoms with Crippen LogP contribution in [0.4, 0.5) is 15.8 Å². The summed E-state index contributed by atoms with van der Waals surface area (Å²) in [5.41, 5.74) is 5.31. The number of amides is 1. The molecule has 0 unspecified atom stereocenters. The lowest BCUT2D eigenvalue weighted by Crippen LogP contribution is -2.14. The van der Waals surface area contributed by atoms with Gasteiger partial charge in [-0.1, -0.05) is 18.2 Å². The molecule has 2 N–H and O–H groups in total. The van der Waals surface area contributed by atoms with E-state index in [1.807, 2.05) is 38.1 Å². The highest BCUT2D eigenvalue weighted by Crippen LogP contribution is 2.15. The molecule has 5 heteroatoms. The van der Waals surface area contributed by atoms with Crippen molar-refractivity contribution in [3.63, 3.8) is 0 Å². The molecule has 1 aromatic heterocycles. The number of carbonyl (C=O) groups is 1. The van der Waals surface area contributed by atoms with Gasteiger partial charge in [-0.15, -0.1) is 0 Å². The molecule has 0 saturated heterocycles. The predicted molar refractivity (Wildman–Crippen MR) is 107 cm³/mol. The van der Waals surface area contributed by atoms with Crippen LogP contribution in [0.3, 0.4) is 0 Å². The minimum Gasteiger partial charge on any atom is -0.383 e. The van der Waals surface area contributed by atoms with Crippen LogP contribution in [0.2, 0.25) is 0 Å². The van der Waals surface area contributed by atoms with Gasteiger partial charge in [-0.3, -0.25) is 4.79 Å². The first-order valence-electron chi connectivity index (χ1n) is 8.84. The van der Waals surface area contributed by atoms with Crippen LogP contribution in [-0.4, -0.2) is 17.4 Å². The molecule has 0 radical (unpaired) electrons. The van der Waals surface area contributed by atoms with Crippen molar-refractivity contribution in [3.05, 3.63) is 89.0 Å². The van der Waals surface area contributed by atoms with Gasteiger partial charge in [0.25, 0.3) is 5.91 Å². The number of hydrogen-bond acceptors (Lipinski definition) is 3. The van der Waals surface area contributed by atoms with Crippen LogP contribution in [0.25, 0.3) is 0 Å². The SMILES string of the molecule is Cc1ccc(NC(=O)c2ccc(NCCc3ccc(F)cc3)cn2)cc1C. The van der Waals surface area contributed by atoms with Crippen LogP contribution < -0.4 is 10.6 Å². The molecule has 1 heterocycles. The van der Waals surface area contributed by atoms with Gasteiger partial charge < -0.3 is 10.6 Å². The molecule has 27 heavy (non-hydrogen) atoms. The molecular weight excluding hydrogens is 341 g/mol. The van der Waals surface area contributed by atoms with Gasteiger partial charge in [-0.05, 0) is 73.4 Å². The number of benzene rings is 2. The third-order valence-corrected chi connectivity index (χ3v) is 4.42. The molecule has 0 aliphatic carbocycles. The number of carbonyl (C=O) groups excluding carboxylic acids is 1. The van der Waals surface area contributed by atoms with E-state index in [0.29, 0.717) is 12.2 Å². The summed E-state index contributed by atoms with van der Waals surface area (Å²) in [6.07, 6.45) is 2.41. The van der Waals surface area contributed by atoms with Gasteiger partial charge in [0.05, 0.1) is 11.9 Å². The summed E-state index contributed by atoms with van der Waals surface area (Å²) in [5, 5.41) is 6.11. The molecule has 4 nitrogen and oxygen atoms in total. The molecule has 0 spiro atoms. The van der Waals surface area contributed by atoms with E-state index in [-0.39, 0.29) is 11.7 Å². The number of nitrogens with one attached hydrogen (secondary N) is 2. The maximum atomic E-state index is 12.9. The topological polar surface area (TPSA) is 54.0 Å². The van der Waals surface area contributed by atoms with Gasteiger partial charge in [-0.2, -0.15) is 0 Å². The van der Waals surface area contributed by atoms with Crippen molar-refractivity contribution in [1.82, 2.24) is 4.98 Å². The van der Waals surface area contributed by atoms with Crippen LogP contribution in [0.15, 0.2) is 60.8 Å². The number of rotatable bonds is 6. The van der Waals surface area contributed by atoms with Crippen molar-refractivity contribution < 1.29 is 9.18 Å².